The van der Waals surface area contributed by atoms with Crippen LogP contribution in [0.25, 0.3) is 0 Å². The summed E-state index contributed by atoms with van der Waals surface area (Å²) in [6.07, 6.45) is 2.03. The first kappa shape index (κ1) is 14.0. The average molecular weight is 255 g/mol. The number of halogens is 1. The number of nitrogens with zero attached hydrogens (tertiary/aromatic N) is 1. The lowest BCUT2D eigenvalue weighted by atomic mass is 10.1. The summed E-state index contributed by atoms with van der Waals surface area (Å²) in [6.45, 7) is 3.49. The van der Waals surface area contributed by atoms with Crippen LogP contribution in [0.1, 0.15) is 24.2 Å². The first-order chi connectivity index (χ1) is 7.97. The van der Waals surface area contributed by atoms with Gasteiger partial charge in [-0.25, -0.2) is 4.39 Å². The van der Waals surface area contributed by atoms with Crippen molar-refractivity contribution in [3.8, 4) is 0 Å². The zero-order valence-corrected chi connectivity index (χ0v) is 11.5. The van der Waals surface area contributed by atoms with Gasteiger partial charge in [0.1, 0.15) is 5.82 Å². The van der Waals surface area contributed by atoms with Gasteiger partial charge in [0.05, 0.1) is 5.69 Å². The number of thioether (sulfide) groups is 1. The predicted molar refractivity (Wildman–Crippen MR) is 72.7 cm³/mol. The van der Waals surface area contributed by atoms with Crippen molar-refractivity contribution in [3.05, 3.63) is 29.6 Å². The molecule has 1 aromatic rings. The van der Waals surface area contributed by atoms with Gasteiger partial charge >= 0.3 is 0 Å². The van der Waals surface area contributed by atoms with Crippen LogP contribution >= 0.6 is 11.8 Å². The summed E-state index contributed by atoms with van der Waals surface area (Å²) >= 11 is 1.73. The Morgan fingerprint density at radius 3 is 2.65 bits per heavy atom. The van der Waals surface area contributed by atoms with Gasteiger partial charge in [0.15, 0.2) is 5.78 Å². The van der Waals surface area contributed by atoms with Gasteiger partial charge in [-0.05, 0) is 38.3 Å². The van der Waals surface area contributed by atoms with E-state index >= 15 is 0 Å². The molecule has 0 heterocycles. The van der Waals surface area contributed by atoms with E-state index in [1.165, 1.54) is 13.0 Å². The number of hydrogen-bond donors (Lipinski definition) is 0. The Balaban J connectivity index is 2.95. The summed E-state index contributed by atoms with van der Waals surface area (Å²) < 4.78 is 13.9. The summed E-state index contributed by atoms with van der Waals surface area (Å²) in [4.78, 5) is 13.0. The van der Waals surface area contributed by atoms with Crippen molar-refractivity contribution in [2.45, 2.75) is 19.9 Å². The minimum atomic E-state index is -0.340. The molecule has 0 bridgehead atoms. The quantitative estimate of drug-likeness (QED) is 0.753. The predicted octanol–water partition coefficient (Wildman–Crippen LogP) is 3.22. The van der Waals surface area contributed by atoms with E-state index in [9.17, 15) is 9.18 Å². The van der Waals surface area contributed by atoms with Crippen LogP contribution in [0.3, 0.4) is 0 Å². The van der Waals surface area contributed by atoms with Crippen molar-refractivity contribution in [2.75, 3.05) is 24.0 Å². The van der Waals surface area contributed by atoms with E-state index in [1.807, 2.05) is 18.2 Å². The van der Waals surface area contributed by atoms with Crippen molar-refractivity contribution in [3.63, 3.8) is 0 Å². The molecule has 0 fully saturated rings. The molecular formula is C13H18FNOS. The molecule has 0 aliphatic heterocycles. The summed E-state index contributed by atoms with van der Waals surface area (Å²) in [5, 5.41) is 0. The van der Waals surface area contributed by atoms with Gasteiger partial charge in [-0.3, -0.25) is 4.79 Å². The largest absolute Gasteiger partial charge is 0.369 e. The van der Waals surface area contributed by atoms with E-state index in [0.29, 0.717) is 11.3 Å². The topological polar surface area (TPSA) is 20.3 Å². The second kappa shape index (κ2) is 6.05. The second-order valence-corrected chi connectivity index (χ2v) is 5.05. The van der Waals surface area contributed by atoms with Gasteiger partial charge in [0, 0.05) is 24.4 Å². The zero-order chi connectivity index (χ0) is 13.0. The lowest BCUT2D eigenvalue weighted by molar-refractivity contribution is 0.101. The third-order valence-electron chi connectivity index (χ3n) is 2.80. The van der Waals surface area contributed by atoms with E-state index in [4.69, 9.17) is 0 Å². The molecule has 1 unspecified atom stereocenters. The summed E-state index contributed by atoms with van der Waals surface area (Å²) in [5.41, 5.74) is 0.953. The number of hydrogen-bond acceptors (Lipinski definition) is 3. The Hall–Kier alpha value is -1.03. The number of anilines is 1. The van der Waals surface area contributed by atoms with Crippen molar-refractivity contribution in [1.29, 1.82) is 0 Å². The van der Waals surface area contributed by atoms with Gasteiger partial charge in [-0.1, -0.05) is 0 Å². The van der Waals surface area contributed by atoms with Crippen LogP contribution in [0.2, 0.25) is 0 Å². The Kier molecular flexibility index (Phi) is 5.00. The maximum atomic E-state index is 13.9. The van der Waals surface area contributed by atoms with Crippen molar-refractivity contribution in [1.82, 2.24) is 0 Å². The highest BCUT2D eigenvalue weighted by Gasteiger charge is 2.14. The SMILES string of the molecule is CSCC(C)N(C)c1ccc(C(C)=O)cc1F. The highest BCUT2D eigenvalue weighted by atomic mass is 32.2. The normalized spacial score (nSPS) is 12.3. The fourth-order valence-electron chi connectivity index (χ4n) is 1.60. The smallest absolute Gasteiger partial charge is 0.159 e. The highest BCUT2D eigenvalue weighted by molar-refractivity contribution is 7.98. The molecule has 0 N–H and O–H groups in total. The molecule has 0 aliphatic carbocycles. The van der Waals surface area contributed by atoms with Crippen LogP contribution in [0.5, 0.6) is 0 Å². The van der Waals surface area contributed by atoms with Crippen LogP contribution in [0.4, 0.5) is 10.1 Å². The van der Waals surface area contributed by atoms with E-state index in [2.05, 4.69) is 6.92 Å². The Bertz CT molecular complexity index is 408. The van der Waals surface area contributed by atoms with Gasteiger partial charge in [0.25, 0.3) is 0 Å². The van der Waals surface area contributed by atoms with Gasteiger partial charge in [0.2, 0.25) is 0 Å². The highest BCUT2D eigenvalue weighted by Crippen LogP contribution is 2.22. The first-order valence-corrected chi connectivity index (χ1v) is 6.89. The van der Waals surface area contributed by atoms with Crippen LogP contribution in [-0.4, -0.2) is 30.9 Å². The molecule has 0 saturated heterocycles. The van der Waals surface area contributed by atoms with E-state index < -0.39 is 0 Å². The van der Waals surface area contributed by atoms with Gasteiger partial charge in [-0.15, -0.1) is 0 Å². The van der Waals surface area contributed by atoms with Crippen LogP contribution in [-0.2, 0) is 0 Å². The summed E-state index contributed by atoms with van der Waals surface area (Å²) in [6, 6.07) is 4.90. The number of carbonyl (C=O) groups is 1. The van der Waals surface area contributed by atoms with Crippen molar-refractivity contribution >= 4 is 23.2 Å². The zero-order valence-electron chi connectivity index (χ0n) is 10.7. The average Bonchev–Trinajstić information content (AvgIpc) is 2.28. The molecule has 0 amide bonds. The molecule has 0 saturated carbocycles. The molecule has 17 heavy (non-hydrogen) atoms. The third-order valence-corrected chi connectivity index (χ3v) is 3.62. The second-order valence-electron chi connectivity index (χ2n) is 4.14. The minimum Gasteiger partial charge on any atom is -0.369 e. The summed E-state index contributed by atoms with van der Waals surface area (Å²) in [5.74, 6) is 0.480. The Labute approximate surface area is 106 Å². The molecule has 4 heteroatoms. The van der Waals surface area contributed by atoms with Gasteiger partial charge in [-0.2, -0.15) is 11.8 Å². The first-order valence-electron chi connectivity index (χ1n) is 5.49. The molecule has 0 aliphatic rings. The van der Waals surface area contributed by atoms with Gasteiger partial charge < -0.3 is 4.90 Å². The fourth-order valence-corrected chi connectivity index (χ4v) is 2.31. The molecule has 0 spiro atoms. The number of Topliss-reactive ketones (excluding diaryl/α,β-unsaturated/α-hetero) is 1. The van der Waals surface area contributed by atoms with E-state index in [0.717, 1.165) is 5.75 Å². The minimum absolute atomic E-state index is 0.115. The Morgan fingerprint density at radius 1 is 1.53 bits per heavy atom. The van der Waals surface area contributed by atoms with Crippen molar-refractivity contribution < 1.29 is 9.18 Å². The lowest BCUT2D eigenvalue weighted by Gasteiger charge is -2.27. The fraction of sp³-hybridized carbons (Fsp3) is 0.462. The van der Waals surface area contributed by atoms with Crippen LogP contribution in [0.15, 0.2) is 18.2 Å². The molecule has 94 valence electrons. The molecular weight excluding hydrogens is 237 g/mol. The molecule has 1 rings (SSSR count). The molecule has 1 atom stereocenters. The molecule has 2 nitrogen and oxygen atoms in total. The number of ketones is 1. The third kappa shape index (κ3) is 3.46. The van der Waals surface area contributed by atoms with Crippen LogP contribution in [0, 0.1) is 5.82 Å². The lowest BCUT2D eigenvalue weighted by Crippen LogP contribution is -2.31. The number of benzene rings is 1. The van der Waals surface area contributed by atoms with Crippen molar-refractivity contribution in [2.24, 2.45) is 0 Å². The number of rotatable bonds is 5. The Morgan fingerprint density at radius 2 is 2.18 bits per heavy atom. The molecule has 0 aromatic heterocycles. The monoisotopic (exact) mass is 255 g/mol. The van der Waals surface area contributed by atoms with E-state index in [1.54, 1.807) is 23.9 Å². The van der Waals surface area contributed by atoms with Crippen LogP contribution < -0.4 is 4.90 Å². The van der Waals surface area contributed by atoms with E-state index in [-0.39, 0.29) is 17.6 Å². The maximum absolute atomic E-state index is 13.9. The standard InChI is InChI=1S/C13H18FNOS/c1-9(8-17-4)15(3)13-6-5-11(10(2)16)7-12(13)14/h5-7,9H,8H2,1-4H3. The molecule has 0 radical (unpaired) electrons. The molecule has 1 aromatic carbocycles. The maximum Gasteiger partial charge on any atom is 0.159 e. The summed E-state index contributed by atoms with van der Waals surface area (Å²) in [7, 11) is 1.87. The number of carbonyl (C=O) groups excluding carboxylic acids is 1.